The van der Waals surface area contributed by atoms with Gasteiger partial charge in [-0.3, -0.25) is 9.59 Å². The predicted octanol–water partition coefficient (Wildman–Crippen LogP) is 0.858. The van der Waals surface area contributed by atoms with E-state index in [0.29, 0.717) is 18.5 Å². The fourth-order valence-corrected chi connectivity index (χ4v) is 2.81. The first-order valence-electron chi connectivity index (χ1n) is 8.61. The van der Waals surface area contributed by atoms with Crippen molar-refractivity contribution in [1.29, 1.82) is 0 Å². The molecule has 1 fully saturated rings. The molecule has 1 aliphatic heterocycles. The van der Waals surface area contributed by atoms with Crippen LogP contribution in [0.1, 0.15) is 43.0 Å². The Kier molecular flexibility index (Phi) is 6.59. The second-order valence-corrected chi connectivity index (χ2v) is 6.26. The number of nitrogens with zero attached hydrogens (tertiary/aromatic N) is 1. The Morgan fingerprint density at radius 2 is 2.00 bits per heavy atom. The number of likely N-dealkylation sites (N-methyl/N-ethyl adjacent to an activating group) is 1. The molecule has 1 aliphatic rings. The molecule has 0 radical (unpaired) electrons. The molecular formula is C18H28N3O2+. The summed E-state index contributed by atoms with van der Waals surface area (Å²) in [5, 5.41) is 2.96. The summed E-state index contributed by atoms with van der Waals surface area (Å²) in [4.78, 5) is 27.1. The topological polar surface area (TPSA) is 53.9 Å². The van der Waals surface area contributed by atoms with E-state index in [-0.39, 0.29) is 11.8 Å². The summed E-state index contributed by atoms with van der Waals surface area (Å²) in [6, 6.07) is 7.31. The predicted molar refractivity (Wildman–Crippen MR) is 91.9 cm³/mol. The molecule has 0 aromatic heterocycles. The molecule has 126 valence electrons. The van der Waals surface area contributed by atoms with Crippen molar-refractivity contribution in [2.45, 2.75) is 32.6 Å². The second-order valence-electron chi connectivity index (χ2n) is 6.26. The average molecular weight is 318 g/mol. The lowest BCUT2D eigenvalue weighted by Gasteiger charge is -2.16. The highest BCUT2D eigenvalue weighted by Gasteiger charge is 2.21. The van der Waals surface area contributed by atoms with E-state index in [9.17, 15) is 9.59 Å². The minimum atomic E-state index is -0.0485. The maximum atomic E-state index is 12.1. The summed E-state index contributed by atoms with van der Waals surface area (Å²) in [7, 11) is 2.16. The average Bonchev–Trinajstić information content (AvgIpc) is 2.99. The van der Waals surface area contributed by atoms with E-state index >= 15 is 0 Å². The summed E-state index contributed by atoms with van der Waals surface area (Å²) in [6.45, 7) is 5.73. The molecule has 0 aliphatic carbocycles. The van der Waals surface area contributed by atoms with Crippen molar-refractivity contribution in [2.24, 2.45) is 0 Å². The van der Waals surface area contributed by atoms with Crippen molar-refractivity contribution in [3.8, 4) is 0 Å². The zero-order valence-corrected chi connectivity index (χ0v) is 14.2. The fraction of sp³-hybridized carbons (Fsp3) is 0.556. The van der Waals surface area contributed by atoms with Crippen LogP contribution in [0, 0.1) is 0 Å². The van der Waals surface area contributed by atoms with E-state index in [0.717, 1.165) is 31.7 Å². The van der Waals surface area contributed by atoms with Crippen molar-refractivity contribution < 1.29 is 14.5 Å². The van der Waals surface area contributed by atoms with Gasteiger partial charge in [0, 0.05) is 24.2 Å². The van der Waals surface area contributed by atoms with Gasteiger partial charge in [-0.1, -0.05) is 13.3 Å². The highest BCUT2D eigenvalue weighted by Crippen LogP contribution is 2.21. The van der Waals surface area contributed by atoms with Gasteiger partial charge in [0.25, 0.3) is 5.91 Å². The third kappa shape index (κ3) is 5.06. The first kappa shape index (κ1) is 17.5. The van der Waals surface area contributed by atoms with Crippen LogP contribution in [0.25, 0.3) is 0 Å². The summed E-state index contributed by atoms with van der Waals surface area (Å²) in [6.07, 6.45) is 3.96. The van der Waals surface area contributed by atoms with Crippen LogP contribution in [0.4, 0.5) is 5.69 Å². The Labute approximate surface area is 138 Å². The Morgan fingerprint density at radius 3 is 2.61 bits per heavy atom. The van der Waals surface area contributed by atoms with E-state index in [1.165, 1.54) is 17.7 Å². The van der Waals surface area contributed by atoms with Crippen molar-refractivity contribution in [1.82, 2.24) is 5.32 Å². The third-order valence-corrected chi connectivity index (χ3v) is 4.31. The number of carbonyl (C=O) groups excluding carboxylic acids is 2. The van der Waals surface area contributed by atoms with Crippen molar-refractivity contribution in [2.75, 3.05) is 38.1 Å². The number of carbonyl (C=O) groups is 2. The number of amides is 2. The number of nitrogens with one attached hydrogen (secondary N) is 2. The van der Waals surface area contributed by atoms with E-state index in [4.69, 9.17) is 0 Å². The molecule has 2 N–H and O–H groups in total. The lowest BCUT2D eigenvalue weighted by atomic mass is 10.2. The Bertz CT molecular complexity index is 528. The fourth-order valence-electron chi connectivity index (χ4n) is 2.81. The number of benzene rings is 1. The van der Waals surface area contributed by atoms with Crippen molar-refractivity contribution in [3.63, 3.8) is 0 Å². The Balaban J connectivity index is 1.80. The zero-order chi connectivity index (χ0) is 16.7. The molecule has 1 aromatic rings. The molecular weight excluding hydrogens is 290 g/mol. The first-order chi connectivity index (χ1) is 11.1. The number of quaternary nitrogens is 1. The summed E-state index contributed by atoms with van der Waals surface area (Å²) >= 11 is 0. The molecule has 5 nitrogen and oxygen atoms in total. The molecule has 1 atom stereocenters. The number of unbranched alkanes of at least 4 members (excludes halogenated alkanes) is 1. The summed E-state index contributed by atoms with van der Waals surface area (Å²) in [5.41, 5.74) is 1.53. The molecule has 23 heavy (non-hydrogen) atoms. The minimum Gasteiger partial charge on any atom is -0.346 e. The molecule has 0 spiro atoms. The van der Waals surface area contributed by atoms with E-state index in [1.807, 2.05) is 12.1 Å². The molecule has 1 heterocycles. The zero-order valence-electron chi connectivity index (χ0n) is 14.2. The monoisotopic (exact) mass is 318 g/mol. The summed E-state index contributed by atoms with van der Waals surface area (Å²) in [5.74, 6) is 0.118. The molecule has 5 heteroatoms. The van der Waals surface area contributed by atoms with Crippen molar-refractivity contribution in [3.05, 3.63) is 29.8 Å². The molecule has 0 saturated carbocycles. The smallest absolute Gasteiger partial charge is 0.251 e. The van der Waals surface area contributed by atoms with Crippen LogP contribution < -0.4 is 15.1 Å². The van der Waals surface area contributed by atoms with E-state index < -0.39 is 0 Å². The minimum absolute atomic E-state index is 0.0485. The highest BCUT2D eigenvalue weighted by atomic mass is 16.2. The number of hydrogen-bond acceptors (Lipinski definition) is 2. The second kappa shape index (κ2) is 8.67. The molecule has 0 bridgehead atoms. The largest absolute Gasteiger partial charge is 0.346 e. The van der Waals surface area contributed by atoms with Gasteiger partial charge in [-0.2, -0.15) is 0 Å². The van der Waals surface area contributed by atoms with Gasteiger partial charge in [-0.05, 0) is 37.1 Å². The van der Waals surface area contributed by atoms with Gasteiger partial charge in [-0.25, -0.2) is 0 Å². The van der Waals surface area contributed by atoms with Gasteiger partial charge in [0.2, 0.25) is 5.91 Å². The van der Waals surface area contributed by atoms with Crippen LogP contribution in [-0.4, -0.2) is 45.0 Å². The van der Waals surface area contributed by atoms with Gasteiger partial charge in [-0.15, -0.1) is 0 Å². The van der Waals surface area contributed by atoms with Gasteiger partial charge < -0.3 is 15.1 Å². The van der Waals surface area contributed by atoms with E-state index in [1.54, 1.807) is 17.0 Å². The molecule has 2 rings (SSSR count). The van der Waals surface area contributed by atoms with Crippen LogP contribution in [0.5, 0.6) is 0 Å². The van der Waals surface area contributed by atoms with Crippen LogP contribution in [0.15, 0.2) is 24.3 Å². The lowest BCUT2D eigenvalue weighted by Crippen LogP contribution is -3.09. The van der Waals surface area contributed by atoms with Crippen LogP contribution >= 0.6 is 0 Å². The highest BCUT2D eigenvalue weighted by molar-refractivity contribution is 5.97. The molecule has 2 amide bonds. The van der Waals surface area contributed by atoms with Crippen LogP contribution in [-0.2, 0) is 4.79 Å². The van der Waals surface area contributed by atoms with Crippen molar-refractivity contribution >= 4 is 17.5 Å². The molecule has 1 saturated heterocycles. The standard InChI is InChI=1S/C18H27N3O2/c1-3-4-12-20(2)14-11-19-18(23)15-7-9-16(10-8-15)21-13-5-6-17(21)22/h7-10H,3-6,11-14H2,1-2H3,(H,19,23)/p+1. The van der Waals surface area contributed by atoms with Gasteiger partial charge in [0.1, 0.15) is 0 Å². The van der Waals surface area contributed by atoms with Gasteiger partial charge in [0.15, 0.2) is 0 Å². The normalized spacial score (nSPS) is 15.7. The van der Waals surface area contributed by atoms with Gasteiger partial charge >= 0.3 is 0 Å². The van der Waals surface area contributed by atoms with E-state index in [2.05, 4.69) is 19.3 Å². The summed E-state index contributed by atoms with van der Waals surface area (Å²) < 4.78 is 0. The maximum Gasteiger partial charge on any atom is 0.251 e. The maximum absolute atomic E-state index is 12.1. The van der Waals surface area contributed by atoms with Gasteiger partial charge in [0.05, 0.1) is 26.7 Å². The van der Waals surface area contributed by atoms with Crippen LogP contribution in [0.3, 0.4) is 0 Å². The number of rotatable bonds is 8. The SMILES string of the molecule is CCCC[NH+](C)CCNC(=O)c1ccc(N2CCCC2=O)cc1. The van der Waals surface area contributed by atoms with Crippen LogP contribution in [0.2, 0.25) is 0 Å². The number of anilines is 1. The Hall–Kier alpha value is -1.88. The Morgan fingerprint density at radius 1 is 1.26 bits per heavy atom. The molecule has 1 aromatic carbocycles. The quantitative estimate of drug-likeness (QED) is 0.747. The lowest BCUT2D eigenvalue weighted by molar-refractivity contribution is -0.878. The molecule has 1 unspecified atom stereocenters. The first-order valence-corrected chi connectivity index (χ1v) is 8.61. The third-order valence-electron chi connectivity index (χ3n) is 4.31. The number of hydrogen-bond donors (Lipinski definition) is 2.